The smallest absolute Gasteiger partial charge is 0.322 e. The summed E-state index contributed by atoms with van der Waals surface area (Å²) in [5, 5.41) is 11.8. The van der Waals surface area contributed by atoms with Crippen LogP contribution in [-0.4, -0.2) is 27.4 Å². The molecule has 1 aromatic heterocycles. The van der Waals surface area contributed by atoms with Gasteiger partial charge in [-0.15, -0.1) is 0 Å². The number of likely N-dealkylation sites (tertiary alicyclic amines) is 1. The van der Waals surface area contributed by atoms with E-state index in [1.807, 2.05) is 6.07 Å². The molecule has 0 saturated carbocycles. The fourth-order valence-electron chi connectivity index (χ4n) is 2.82. The zero-order valence-electron chi connectivity index (χ0n) is 12.4. The van der Waals surface area contributed by atoms with Crippen LogP contribution in [0.5, 0.6) is 0 Å². The molecule has 2 heterocycles. The van der Waals surface area contributed by atoms with Crippen molar-refractivity contribution in [2.75, 3.05) is 11.9 Å². The quantitative estimate of drug-likeness (QED) is 0.893. The van der Waals surface area contributed by atoms with Crippen LogP contribution in [0.4, 0.5) is 14.9 Å². The van der Waals surface area contributed by atoms with Gasteiger partial charge in [0.25, 0.3) is 0 Å². The molecule has 7 heteroatoms. The lowest BCUT2D eigenvalue weighted by atomic mass is 10.0. The Balaban J connectivity index is 1.80. The summed E-state index contributed by atoms with van der Waals surface area (Å²) in [6, 6.07) is 5.19. The van der Waals surface area contributed by atoms with Gasteiger partial charge in [-0.1, -0.05) is 0 Å². The third kappa shape index (κ3) is 3.16. The Labute approximate surface area is 132 Å². The number of nitrogens with zero attached hydrogens (tertiary/aromatic N) is 3. The largest absolute Gasteiger partial charge is 0.347 e. The molecule has 1 atom stereocenters. The van der Waals surface area contributed by atoms with E-state index in [9.17, 15) is 9.18 Å². The summed E-state index contributed by atoms with van der Waals surface area (Å²) >= 11 is 0. The summed E-state index contributed by atoms with van der Waals surface area (Å²) in [7, 11) is 0. The molecular formula is C16H16FN5O. The average Bonchev–Trinajstić information content (AvgIpc) is 3.10. The van der Waals surface area contributed by atoms with Crippen molar-refractivity contribution in [2.24, 2.45) is 0 Å². The number of benzene rings is 1. The first-order valence-electron chi connectivity index (χ1n) is 7.45. The van der Waals surface area contributed by atoms with Crippen LogP contribution in [0, 0.1) is 17.1 Å². The number of piperidine rings is 1. The SMILES string of the molecule is N#Cc1cc(F)ccc1NC(=O)N1CCCCC1c1ncc[nH]1. The summed E-state index contributed by atoms with van der Waals surface area (Å²) in [5.41, 5.74) is 0.410. The highest BCUT2D eigenvalue weighted by Gasteiger charge is 2.29. The molecule has 1 unspecified atom stereocenters. The first-order valence-corrected chi connectivity index (χ1v) is 7.45. The molecule has 2 N–H and O–H groups in total. The van der Waals surface area contributed by atoms with Crippen molar-refractivity contribution in [1.29, 1.82) is 5.26 Å². The number of rotatable bonds is 2. The molecule has 1 saturated heterocycles. The van der Waals surface area contributed by atoms with E-state index in [1.54, 1.807) is 17.3 Å². The maximum atomic E-state index is 13.2. The average molecular weight is 313 g/mol. The minimum Gasteiger partial charge on any atom is -0.347 e. The Kier molecular flexibility index (Phi) is 4.24. The van der Waals surface area contributed by atoms with Crippen molar-refractivity contribution < 1.29 is 9.18 Å². The van der Waals surface area contributed by atoms with Crippen LogP contribution in [0.3, 0.4) is 0 Å². The van der Waals surface area contributed by atoms with E-state index >= 15 is 0 Å². The summed E-state index contributed by atoms with van der Waals surface area (Å²) in [6.45, 7) is 0.611. The van der Waals surface area contributed by atoms with Gasteiger partial charge in [0.2, 0.25) is 0 Å². The van der Waals surface area contributed by atoms with Crippen molar-refractivity contribution in [3.8, 4) is 6.07 Å². The third-order valence-electron chi connectivity index (χ3n) is 3.94. The molecule has 0 aliphatic carbocycles. The topological polar surface area (TPSA) is 84.8 Å². The fourth-order valence-corrected chi connectivity index (χ4v) is 2.82. The summed E-state index contributed by atoms with van der Waals surface area (Å²) in [6.07, 6.45) is 6.16. The standard InChI is InChI=1S/C16H16FN5O/c17-12-4-5-13(11(9-12)10-18)21-16(23)22-8-2-1-3-14(22)15-19-6-7-20-15/h4-7,9,14H,1-3,8H2,(H,19,20)(H,21,23). The number of nitrogens with one attached hydrogen (secondary N) is 2. The second-order valence-corrected chi connectivity index (χ2v) is 5.41. The number of halogens is 1. The van der Waals surface area contributed by atoms with Crippen LogP contribution in [0.1, 0.15) is 36.7 Å². The zero-order chi connectivity index (χ0) is 16.2. The maximum Gasteiger partial charge on any atom is 0.322 e. The number of urea groups is 1. The lowest BCUT2D eigenvalue weighted by molar-refractivity contribution is 0.160. The molecule has 1 aromatic carbocycles. The number of hydrogen-bond acceptors (Lipinski definition) is 3. The lowest BCUT2D eigenvalue weighted by Crippen LogP contribution is -2.41. The van der Waals surface area contributed by atoms with Gasteiger partial charge in [0.15, 0.2) is 0 Å². The van der Waals surface area contributed by atoms with Gasteiger partial charge in [0.1, 0.15) is 17.7 Å². The van der Waals surface area contributed by atoms with Gasteiger partial charge in [-0.2, -0.15) is 5.26 Å². The van der Waals surface area contributed by atoms with Crippen molar-refractivity contribution in [1.82, 2.24) is 14.9 Å². The number of anilines is 1. The number of amides is 2. The number of carbonyl (C=O) groups excluding carboxylic acids is 1. The predicted molar refractivity (Wildman–Crippen MR) is 82.0 cm³/mol. The Morgan fingerprint density at radius 2 is 2.35 bits per heavy atom. The number of nitriles is 1. The molecule has 3 rings (SSSR count). The molecular weight excluding hydrogens is 297 g/mol. The van der Waals surface area contributed by atoms with E-state index in [1.165, 1.54) is 12.1 Å². The van der Waals surface area contributed by atoms with Crippen LogP contribution in [0.2, 0.25) is 0 Å². The van der Waals surface area contributed by atoms with E-state index in [0.717, 1.165) is 31.2 Å². The van der Waals surface area contributed by atoms with Gasteiger partial charge in [-0.05, 0) is 37.5 Å². The number of H-pyrrole nitrogens is 1. The predicted octanol–water partition coefficient (Wildman–Crippen LogP) is 3.18. The van der Waals surface area contributed by atoms with Crippen LogP contribution >= 0.6 is 0 Å². The van der Waals surface area contributed by atoms with E-state index in [-0.39, 0.29) is 17.6 Å². The fraction of sp³-hybridized carbons (Fsp3) is 0.312. The highest BCUT2D eigenvalue weighted by molar-refractivity contribution is 5.91. The second-order valence-electron chi connectivity index (χ2n) is 5.41. The molecule has 2 amide bonds. The molecule has 0 spiro atoms. The van der Waals surface area contributed by atoms with E-state index in [2.05, 4.69) is 15.3 Å². The molecule has 1 fully saturated rings. The van der Waals surface area contributed by atoms with Crippen molar-refractivity contribution in [2.45, 2.75) is 25.3 Å². The number of carbonyl (C=O) groups is 1. The number of hydrogen-bond donors (Lipinski definition) is 2. The summed E-state index contributed by atoms with van der Waals surface area (Å²) < 4.78 is 13.2. The van der Waals surface area contributed by atoms with Crippen LogP contribution < -0.4 is 5.32 Å². The highest BCUT2D eigenvalue weighted by atomic mass is 19.1. The second kappa shape index (κ2) is 6.48. The van der Waals surface area contributed by atoms with Gasteiger partial charge in [0.05, 0.1) is 17.3 Å². The van der Waals surface area contributed by atoms with Gasteiger partial charge in [-0.3, -0.25) is 0 Å². The Bertz CT molecular complexity index is 737. The summed E-state index contributed by atoms with van der Waals surface area (Å²) in [4.78, 5) is 21.6. The van der Waals surface area contributed by atoms with Crippen LogP contribution in [0.15, 0.2) is 30.6 Å². The first kappa shape index (κ1) is 15.0. The monoisotopic (exact) mass is 313 g/mol. The van der Waals surface area contributed by atoms with Gasteiger partial charge < -0.3 is 15.2 Å². The van der Waals surface area contributed by atoms with Crippen molar-refractivity contribution >= 4 is 11.7 Å². The first-order chi connectivity index (χ1) is 11.2. The number of imidazole rings is 1. The lowest BCUT2D eigenvalue weighted by Gasteiger charge is -2.34. The minimum absolute atomic E-state index is 0.102. The van der Waals surface area contributed by atoms with Crippen molar-refractivity contribution in [3.63, 3.8) is 0 Å². The van der Waals surface area contributed by atoms with Gasteiger partial charge >= 0.3 is 6.03 Å². The van der Waals surface area contributed by atoms with Crippen molar-refractivity contribution in [3.05, 3.63) is 47.8 Å². The number of aromatic nitrogens is 2. The minimum atomic E-state index is -0.508. The molecule has 23 heavy (non-hydrogen) atoms. The van der Waals surface area contributed by atoms with Gasteiger partial charge in [0, 0.05) is 18.9 Å². The van der Waals surface area contributed by atoms with Crippen LogP contribution in [0.25, 0.3) is 0 Å². The maximum absolute atomic E-state index is 13.2. The third-order valence-corrected chi connectivity index (χ3v) is 3.94. The molecule has 118 valence electrons. The Hall–Kier alpha value is -2.88. The van der Waals surface area contributed by atoms with E-state index in [4.69, 9.17) is 5.26 Å². The zero-order valence-corrected chi connectivity index (χ0v) is 12.4. The van der Waals surface area contributed by atoms with E-state index in [0.29, 0.717) is 12.2 Å². The molecule has 6 nitrogen and oxygen atoms in total. The number of aromatic amines is 1. The van der Waals surface area contributed by atoms with Gasteiger partial charge in [-0.25, -0.2) is 14.2 Å². The molecule has 0 bridgehead atoms. The molecule has 1 aliphatic heterocycles. The molecule has 2 aromatic rings. The summed E-state index contributed by atoms with van der Waals surface area (Å²) in [5.74, 6) is 0.241. The molecule has 1 aliphatic rings. The Morgan fingerprint density at radius 1 is 1.48 bits per heavy atom. The van der Waals surface area contributed by atoms with Crippen LogP contribution in [-0.2, 0) is 0 Å². The normalized spacial score (nSPS) is 17.6. The Morgan fingerprint density at radius 3 is 3.09 bits per heavy atom. The molecule has 0 radical (unpaired) electrons. The highest BCUT2D eigenvalue weighted by Crippen LogP contribution is 2.29. The van der Waals surface area contributed by atoms with E-state index < -0.39 is 5.82 Å².